The number of aromatic hydroxyl groups is 1. The second-order valence-corrected chi connectivity index (χ2v) is 3.97. The van der Waals surface area contributed by atoms with E-state index >= 15 is 0 Å². The molecule has 1 aliphatic carbocycles. The first-order chi connectivity index (χ1) is 6.99. The second-order valence-electron chi connectivity index (χ2n) is 3.97. The third kappa shape index (κ3) is 1.45. The standard InChI is InChI=1S/C11H13FO3/c1-6-5-7(11(14)3-4-11)8(12)10(15-2)9(6)13/h5,13-14H,3-4H2,1-2H3. The van der Waals surface area contributed by atoms with Crippen LogP contribution in [0.15, 0.2) is 6.07 Å². The molecule has 0 heterocycles. The number of phenols is 1. The van der Waals surface area contributed by atoms with Gasteiger partial charge in [-0.1, -0.05) is 0 Å². The van der Waals surface area contributed by atoms with Crippen molar-refractivity contribution in [1.29, 1.82) is 0 Å². The molecule has 1 aromatic carbocycles. The summed E-state index contributed by atoms with van der Waals surface area (Å²) in [6.07, 6.45) is 1.11. The zero-order valence-corrected chi connectivity index (χ0v) is 8.67. The van der Waals surface area contributed by atoms with Crippen molar-refractivity contribution in [3.63, 3.8) is 0 Å². The van der Waals surface area contributed by atoms with Crippen molar-refractivity contribution in [3.8, 4) is 11.5 Å². The molecule has 1 aromatic rings. The van der Waals surface area contributed by atoms with Crippen molar-refractivity contribution in [1.82, 2.24) is 0 Å². The number of halogens is 1. The first-order valence-corrected chi connectivity index (χ1v) is 4.78. The van der Waals surface area contributed by atoms with Gasteiger partial charge in [0, 0.05) is 5.56 Å². The molecule has 0 aromatic heterocycles. The predicted molar refractivity (Wildman–Crippen MR) is 52.5 cm³/mol. The van der Waals surface area contributed by atoms with E-state index in [0.717, 1.165) is 0 Å². The summed E-state index contributed by atoms with van der Waals surface area (Å²) >= 11 is 0. The summed E-state index contributed by atoms with van der Waals surface area (Å²) in [5.74, 6) is -1.06. The van der Waals surface area contributed by atoms with Crippen molar-refractivity contribution < 1.29 is 19.3 Å². The fraction of sp³-hybridized carbons (Fsp3) is 0.455. The fourth-order valence-electron chi connectivity index (χ4n) is 1.67. The van der Waals surface area contributed by atoms with Crippen LogP contribution in [0.3, 0.4) is 0 Å². The molecule has 0 unspecified atom stereocenters. The molecule has 1 saturated carbocycles. The van der Waals surface area contributed by atoms with E-state index in [1.807, 2.05) is 0 Å². The maximum Gasteiger partial charge on any atom is 0.197 e. The van der Waals surface area contributed by atoms with E-state index in [0.29, 0.717) is 18.4 Å². The Balaban J connectivity index is 2.62. The fourth-order valence-corrected chi connectivity index (χ4v) is 1.67. The van der Waals surface area contributed by atoms with Crippen LogP contribution in [0.4, 0.5) is 4.39 Å². The van der Waals surface area contributed by atoms with Crippen molar-refractivity contribution >= 4 is 0 Å². The Kier molecular flexibility index (Phi) is 2.12. The van der Waals surface area contributed by atoms with Crippen LogP contribution in [0.2, 0.25) is 0 Å². The van der Waals surface area contributed by atoms with Crippen LogP contribution in [-0.4, -0.2) is 17.3 Å². The summed E-state index contributed by atoms with van der Waals surface area (Å²) in [4.78, 5) is 0. The molecule has 0 radical (unpaired) electrons. The van der Waals surface area contributed by atoms with E-state index in [2.05, 4.69) is 0 Å². The van der Waals surface area contributed by atoms with Crippen LogP contribution in [0.25, 0.3) is 0 Å². The maximum absolute atomic E-state index is 13.8. The quantitative estimate of drug-likeness (QED) is 0.786. The molecular formula is C11H13FO3. The summed E-state index contributed by atoms with van der Waals surface area (Å²) in [5.41, 5.74) is -0.339. The Hall–Kier alpha value is -1.29. The molecule has 0 spiro atoms. The molecule has 0 atom stereocenters. The number of rotatable bonds is 2. The van der Waals surface area contributed by atoms with Crippen LogP contribution in [0.1, 0.15) is 24.0 Å². The molecule has 15 heavy (non-hydrogen) atoms. The maximum atomic E-state index is 13.8. The van der Waals surface area contributed by atoms with Gasteiger partial charge in [-0.3, -0.25) is 0 Å². The summed E-state index contributed by atoms with van der Waals surface area (Å²) in [6, 6.07) is 1.47. The Morgan fingerprint density at radius 1 is 1.47 bits per heavy atom. The SMILES string of the molecule is COc1c(O)c(C)cc(C2(O)CC2)c1F. The molecule has 2 rings (SSSR count). The van der Waals surface area contributed by atoms with Crippen LogP contribution >= 0.6 is 0 Å². The minimum atomic E-state index is -1.06. The van der Waals surface area contributed by atoms with Gasteiger partial charge in [0.2, 0.25) is 0 Å². The second kappa shape index (κ2) is 3.10. The average molecular weight is 212 g/mol. The van der Waals surface area contributed by atoms with E-state index in [9.17, 15) is 14.6 Å². The molecule has 2 N–H and O–H groups in total. The lowest BCUT2D eigenvalue weighted by Gasteiger charge is -2.15. The molecule has 1 fully saturated rings. The molecule has 0 saturated heterocycles. The lowest BCUT2D eigenvalue weighted by Crippen LogP contribution is -2.09. The molecule has 3 nitrogen and oxygen atoms in total. The minimum Gasteiger partial charge on any atom is -0.504 e. The number of phenolic OH excluding ortho intramolecular Hbond substituents is 1. The van der Waals surface area contributed by atoms with Crippen molar-refractivity contribution in [2.24, 2.45) is 0 Å². The minimum absolute atomic E-state index is 0.190. The highest BCUT2D eigenvalue weighted by Crippen LogP contribution is 2.49. The summed E-state index contributed by atoms with van der Waals surface area (Å²) in [6.45, 7) is 1.65. The highest BCUT2D eigenvalue weighted by atomic mass is 19.1. The van der Waals surface area contributed by atoms with Gasteiger partial charge in [0.1, 0.15) is 0 Å². The van der Waals surface area contributed by atoms with E-state index in [1.165, 1.54) is 13.2 Å². The van der Waals surface area contributed by atoms with Crippen LogP contribution < -0.4 is 4.74 Å². The normalized spacial score (nSPS) is 17.6. The highest BCUT2D eigenvalue weighted by Gasteiger charge is 2.45. The third-order valence-corrected chi connectivity index (χ3v) is 2.81. The van der Waals surface area contributed by atoms with Gasteiger partial charge >= 0.3 is 0 Å². The highest BCUT2D eigenvalue weighted by molar-refractivity contribution is 5.51. The predicted octanol–water partition coefficient (Wildman–Crippen LogP) is 1.83. The first-order valence-electron chi connectivity index (χ1n) is 4.78. The lowest BCUT2D eigenvalue weighted by molar-refractivity contribution is 0.145. The first kappa shape index (κ1) is 10.2. The van der Waals surface area contributed by atoms with Gasteiger partial charge in [0.05, 0.1) is 12.7 Å². The molecule has 0 amide bonds. The van der Waals surface area contributed by atoms with Gasteiger partial charge < -0.3 is 14.9 Å². The lowest BCUT2D eigenvalue weighted by atomic mass is 10.0. The molecule has 0 bridgehead atoms. The van der Waals surface area contributed by atoms with E-state index in [-0.39, 0.29) is 17.1 Å². The Bertz CT molecular complexity index is 411. The Morgan fingerprint density at radius 3 is 2.53 bits per heavy atom. The summed E-state index contributed by atoms with van der Waals surface area (Å²) in [7, 11) is 1.29. The smallest absolute Gasteiger partial charge is 0.197 e. The van der Waals surface area contributed by atoms with E-state index in [1.54, 1.807) is 6.92 Å². The van der Waals surface area contributed by atoms with Gasteiger partial charge in [-0.15, -0.1) is 0 Å². The number of hydrogen-bond donors (Lipinski definition) is 2. The van der Waals surface area contributed by atoms with Crippen molar-refractivity contribution in [3.05, 3.63) is 23.0 Å². The number of aryl methyl sites for hydroxylation is 1. The zero-order chi connectivity index (χ0) is 11.2. The molecule has 4 heteroatoms. The Labute approximate surface area is 87.1 Å². The molecule has 1 aliphatic rings. The molecule has 82 valence electrons. The van der Waals surface area contributed by atoms with Gasteiger partial charge in [-0.2, -0.15) is 0 Å². The van der Waals surface area contributed by atoms with Crippen LogP contribution in [0, 0.1) is 12.7 Å². The van der Waals surface area contributed by atoms with Gasteiger partial charge in [-0.05, 0) is 31.4 Å². The molecule has 0 aliphatic heterocycles. The number of methoxy groups -OCH3 is 1. The summed E-state index contributed by atoms with van der Waals surface area (Å²) < 4.78 is 18.6. The van der Waals surface area contributed by atoms with E-state index in [4.69, 9.17) is 4.74 Å². The van der Waals surface area contributed by atoms with E-state index < -0.39 is 11.4 Å². The third-order valence-electron chi connectivity index (χ3n) is 2.81. The summed E-state index contributed by atoms with van der Waals surface area (Å²) in [5, 5.41) is 19.4. The molecular weight excluding hydrogens is 199 g/mol. The van der Waals surface area contributed by atoms with Crippen LogP contribution in [0.5, 0.6) is 11.5 Å². The van der Waals surface area contributed by atoms with Crippen molar-refractivity contribution in [2.75, 3.05) is 7.11 Å². The Morgan fingerprint density at radius 2 is 2.07 bits per heavy atom. The number of hydrogen-bond acceptors (Lipinski definition) is 3. The van der Waals surface area contributed by atoms with Gasteiger partial charge in [0.15, 0.2) is 17.3 Å². The monoisotopic (exact) mass is 212 g/mol. The van der Waals surface area contributed by atoms with Gasteiger partial charge in [0.25, 0.3) is 0 Å². The number of ether oxygens (including phenoxy) is 1. The average Bonchev–Trinajstić information content (AvgIpc) is 2.92. The zero-order valence-electron chi connectivity index (χ0n) is 8.67. The number of benzene rings is 1. The van der Waals surface area contributed by atoms with Crippen LogP contribution in [-0.2, 0) is 5.60 Å². The van der Waals surface area contributed by atoms with Crippen molar-refractivity contribution in [2.45, 2.75) is 25.4 Å². The topological polar surface area (TPSA) is 49.7 Å². The largest absolute Gasteiger partial charge is 0.504 e. The number of aliphatic hydroxyl groups is 1. The van der Waals surface area contributed by atoms with Gasteiger partial charge in [-0.25, -0.2) is 4.39 Å².